The highest BCUT2D eigenvalue weighted by Crippen LogP contribution is 2.21. The molecular weight excluding hydrogens is 359 g/mol. The molecule has 3 heteroatoms. The molecule has 0 radical (unpaired) electrons. The van der Waals surface area contributed by atoms with E-state index in [4.69, 9.17) is 0 Å². The van der Waals surface area contributed by atoms with E-state index in [0.717, 1.165) is 13.1 Å². The van der Waals surface area contributed by atoms with Crippen LogP contribution in [0.4, 0.5) is 0 Å². The van der Waals surface area contributed by atoms with Gasteiger partial charge in [-0.2, -0.15) is 0 Å². The molecule has 1 heterocycles. The fraction of sp³-hybridized carbons (Fsp3) is 0.176. The van der Waals surface area contributed by atoms with Crippen molar-refractivity contribution in [2.45, 2.75) is 13.1 Å². The maximum absolute atomic E-state index is 3.26. The smallest absolute Gasteiger partial charge is 0.0486 e. The molecule has 0 spiro atoms. The van der Waals surface area contributed by atoms with Crippen LogP contribution in [-0.2, 0) is 13.1 Å². The molecule has 0 aliphatic rings. The summed E-state index contributed by atoms with van der Waals surface area (Å²) in [5.74, 6) is 0. The number of benzene rings is 2. The molecule has 0 aliphatic heterocycles. The number of aromatic nitrogens is 1. The molecule has 2 nitrogen and oxygen atoms in total. The molecule has 102 valence electrons. The zero-order valence-corrected chi connectivity index (χ0v) is 13.6. The van der Waals surface area contributed by atoms with Gasteiger partial charge in [-0.1, -0.05) is 30.3 Å². The van der Waals surface area contributed by atoms with Gasteiger partial charge < -0.3 is 9.88 Å². The fourth-order valence-electron chi connectivity index (χ4n) is 2.55. The highest BCUT2D eigenvalue weighted by Gasteiger charge is 2.08. The van der Waals surface area contributed by atoms with Gasteiger partial charge in [0.25, 0.3) is 0 Å². The molecule has 20 heavy (non-hydrogen) atoms. The van der Waals surface area contributed by atoms with Crippen LogP contribution in [0.2, 0.25) is 0 Å². The van der Waals surface area contributed by atoms with Gasteiger partial charge in [0, 0.05) is 27.9 Å². The van der Waals surface area contributed by atoms with Crippen molar-refractivity contribution in [3.8, 4) is 0 Å². The van der Waals surface area contributed by atoms with Crippen molar-refractivity contribution in [3.05, 3.63) is 69.4 Å². The minimum absolute atomic E-state index is 0.888. The van der Waals surface area contributed by atoms with Crippen molar-refractivity contribution in [2.24, 2.45) is 0 Å². The van der Waals surface area contributed by atoms with E-state index in [1.54, 1.807) is 0 Å². The number of rotatable bonds is 4. The molecule has 0 atom stereocenters. The molecule has 0 unspecified atom stereocenters. The van der Waals surface area contributed by atoms with Crippen LogP contribution in [0.15, 0.2) is 54.6 Å². The standard InChI is InChI=1S/C17H17IN2/c1-19-11-16-10-14-4-2-3-5-17(14)20(16)12-13-6-8-15(18)9-7-13/h2-10,19H,11-12H2,1H3. The van der Waals surface area contributed by atoms with Crippen LogP contribution in [0, 0.1) is 3.57 Å². The lowest BCUT2D eigenvalue weighted by Crippen LogP contribution is -2.11. The van der Waals surface area contributed by atoms with E-state index >= 15 is 0 Å². The zero-order valence-electron chi connectivity index (χ0n) is 11.4. The van der Waals surface area contributed by atoms with E-state index in [0.29, 0.717) is 0 Å². The van der Waals surface area contributed by atoms with E-state index < -0.39 is 0 Å². The van der Waals surface area contributed by atoms with Crippen molar-refractivity contribution in [3.63, 3.8) is 0 Å². The summed E-state index contributed by atoms with van der Waals surface area (Å²) in [4.78, 5) is 0. The maximum atomic E-state index is 3.26. The molecule has 2 aromatic carbocycles. The fourth-order valence-corrected chi connectivity index (χ4v) is 2.91. The topological polar surface area (TPSA) is 17.0 Å². The van der Waals surface area contributed by atoms with E-state index in [9.17, 15) is 0 Å². The molecule has 1 N–H and O–H groups in total. The molecule has 0 fully saturated rings. The van der Waals surface area contributed by atoms with Crippen LogP contribution >= 0.6 is 22.6 Å². The Morgan fingerprint density at radius 2 is 1.80 bits per heavy atom. The molecule has 0 amide bonds. The molecule has 3 rings (SSSR count). The predicted molar refractivity (Wildman–Crippen MR) is 93.0 cm³/mol. The number of para-hydroxylation sites is 1. The highest BCUT2D eigenvalue weighted by atomic mass is 127. The Kier molecular flexibility index (Phi) is 4.08. The van der Waals surface area contributed by atoms with Crippen LogP contribution in [0.25, 0.3) is 10.9 Å². The number of hydrogen-bond donors (Lipinski definition) is 1. The highest BCUT2D eigenvalue weighted by molar-refractivity contribution is 14.1. The van der Waals surface area contributed by atoms with Crippen molar-refractivity contribution in [2.75, 3.05) is 7.05 Å². The quantitative estimate of drug-likeness (QED) is 0.681. The van der Waals surface area contributed by atoms with Gasteiger partial charge in [-0.25, -0.2) is 0 Å². The zero-order chi connectivity index (χ0) is 13.9. The molecule has 0 aliphatic carbocycles. The van der Waals surface area contributed by atoms with Crippen molar-refractivity contribution >= 4 is 33.5 Å². The Balaban J connectivity index is 2.04. The van der Waals surface area contributed by atoms with Crippen LogP contribution in [-0.4, -0.2) is 11.6 Å². The molecule has 0 bridgehead atoms. The first-order valence-corrected chi connectivity index (χ1v) is 7.82. The number of nitrogens with zero attached hydrogens (tertiary/aromatic N) is 1. The second-order valence-corrected chi connectivity index (χ2v) is 6.18. The Morgan fingerprint density at radius 3 is 2.55 bits per heavy atom. The SMILES string of the molecule is CNCc1cc2ccccc2n1Cc1ccc(I)cc1. The van der Waals surface area contributed by atoms with Crippen molar-refractivity contribution in [1.29, 1.82) is 0 Å². The minimum atomic E-state index is 0.888. The second kappa shape index (κ2) is 5.97. The summed E-state index contributed by atoms with van der Waals surface area (Å²) in [5, 5.41) is 4.57. The van der Waals surface area contributed by atoms with Crippen molar-refractivity contribution in [1.82, 2.24) is 9.88 Å². The largest absolute Gasteiger partial charge is 0.339 e. The summed E-state index contributed by atoms with van der Waals surface area (Å²) in [6.45, 7) is 1.81. The normalized spacial score (nSPS) is 11.1. The Bertz CT molecular complexity index is 713. The van der Waals surface area contributed by atoms with E-state index in [-0.39, 0.29) is 0 Å². The predicted octanol–water partition coefficient (Wildman–Crippen LogP) is 4.01. The van der Waals surface area contributed by atoms with Crippen LogP contribution in [0.5, 0.6) is 0 Å². The minimum Gasteiger partial charge on any atom is -0.339 e. The van der Waals surface area contributed by atoms with Gasteiger partial charge in [-0.3, -0.25) is 0 Å². The van der Waals surface area contributed by atoms with Gasteiger partial charge in [-0.05, 0) is 64.9 Å². The third kappa shape index (κ3) is 2.74. The van der Waals surface area contributed by atoms with Gasteiger partial charge in [0.05, 0.1) is 0 Å². The van der Waals surface area contributed by atoms with Crippen LogP contribution in [0.3, 0.4) is 0 Å². The summed E-state index contributed by atoms with van der Waals surface area (Å²) in [5.41, 5.74) is 3.97. The van der Waals surface area contributed by atoms with E-state index in [1.165, 1.54) is 25.7 Å². The Morgan fingerprint density at radius 1 is 1.05 bits per heavy atom. The Labute approximate surface area is 132 Å². The lowest BCUT2D eigenvalue weighted by molar-refractivity contribution is 0.709. The molecule has 0 saturated carbocycles. The van der Waals surface area contributed by atoms with Gasteiger partial charge in [0.1, 0.15) is 0 Å². The van der Waals surface area contributed by atoms with Crippen LogP contribution in [0.1, 0.15) is 11.3 Å². The van der Waals surface area contributed by atoms with Crippen molar-refractivity contribution < 1.29 is 0 Å². The summed E-state index contributed by atoms with van der Waals surface area (Å²) in [7, 11) is 1.99. The number of nitrogens with one attached hydrogen (secondary N) is 1. The summed E-state index contributed by atoms with van der Waals surface area (Å²) >= 11 is 2.34. The molecular formula is C17H17IN2. The van der Waals surface area contributed by atoms with Gasteiger partial charge >= 0.3 is 0 Å². The van der Waals surface area contributed by atoms with E-state index in [2.05, 4.69) is 87.1 Å². The maximum Gasteiger partial charge on any atom is 0.0486 e. The summed E-state index contributed by atoms with van der Waals surface area (Å²) < 4.78 is 3.67. The first-order chi connectivity index (χ1) is 9.78. The third-order valence-electron chi connectivity index (χ3n) is 3.51. The average molecular weight is 376 g/mol. The lowest BCUT2D eigenvalue weighted by Gasteiger charge is -2.11. The molecule has 1 aromatic heterocycles. The monoisotopic (exact) mass is 376 g/mol. The molecule has 0 saturated heterocycles. The third-order valence-corrected chi connectivity index (χ3v) is 4.23. The second-order valence-electron chi connectivity index (χ2n) is 4.94. The van der Waals surface area contributed by atoms with Gasteiger partial charge in [0.15, 0.2) is 0 Å². The average Bonchev–Trinajstić information content (AvgIpc) is 2.80. The van der Waals surface area contributed by atoms with Gasteiger partial charge in [0.2, 0.25) is 0 Å². The van der Waals surface area contributed by atoms with Gasteiger partial charge in [-0.15, -0.1) is 0 Å². The number of hydrogen-bond acceptors (Lipinski definition) is 1. The first kappa shape index (κ1) is 13.6. The molecule has 3 aromatic rings. The lowest BCUT2D eigenvalue weighted by atomic mass is 10.2. The van der Waals surface area contributed by atoms with Crippen LogP contribution < -0.4 is 5.32 Å². The number of halogens is 1. The summed E-state index contributed by atoms with van der Waals surface area (Å²) in [6.07, 6.45) is 0. The first-order valence-electron chi connectivity index (χ1n) is 6.74. The van der Waals surface area contributed by atoms with E-state index in [1.807, 2.05) is 7.05 Å². The summed E-state index contributed by atoms with van der Waals surface area (Å²) in [6, 6.07) is 19.6. The number of fused-ring (bicyclic) bond motifs is 1. The Hall–Kier alpha value is -1.33.